The molecule has 3 nitrogen and oxygen atoms in total. The number of methoxy groups -OCH3 is 1. The number of aliphatic hydroxyl groups excluding tert-OH is 1. The van der Waals surface area contributed by atoms with E-state index < -0.39 is 0 Å². The molecule has 0 radical (unpaired) electrons. The number of carbonyl (C=O) groups is 1. The summed E-state index contributed by atoms with van der Waals surface area (Å²) in [5, 5.41) is 10.4. The topological polar surface area (TPSA) is 46.5 Å². The third-order valence-corrected chi connectivity index (χ3v) is 8.54. The Kier molecular flexibility index (Phi) is 3.70. The zero-order chi connectivity index (χ0) is 16.4. The summed E-state index contributed by atoms with van der Waals surface area (Å²) in [5.74, 6) is 3.03. The Morgan fingerprint density at radius 1 is 1.04 bits per heavy atom. The first-order valence-corrected chi connectivity index (χ1v) is 9.61. The summed E-state index contributed by atoms with van der Waals surface area (Å²) >= 11 is 0. The summed E-state index contributed by atoms with van der Waals surface area (Å²) in [5.41, 5.74) is 0.562. The summed E-state index contributed by atoms with van der Waals surface area (Å²) in [7, 11) is 1.76. The average Bonchev–Trinajstić information content (AvgIpc) is 2.82. The van der Waals surface area contributed by atoms with Crippen LogP contribution in [0.3, 0.4) is 0 Å². The molecule has 0 aromatic heterocycles. The molecule has 4 rings (SSSR count). The fourth-order valence-corrected chi connectivity index (χ4v) is 7.39. The molecule has 3 unspecified atom stereocenters. The second-order valence-corrected chi connectivity index (χ2v) is 9.49. The van der Waals surface area contributed by atoms with Crippen LogP contribution < -0.4 is 0 Å². The summed E-state index contributed by atoms with van der Waals surface area (Å²) in [6, 6.07) is 0. The normalized spacial score (nSPS) is 55.9. The van der Waals surface area contributed by atoms with Crippen LogP contribution in [-0.2, 0) is 9.53 Å². The van der Waals surface area contributed by atoms with Crippen molar-refractivity contribution >= 4 is 5.78 Å². The van der Waals surface area contributed by atoms with Crippen molar-refractivity contribution < 1.29 is 14.6 Å². The highest BCUT2D eigenvalue weighted by Gasteiger charge is 2.61. The lowest BCUT2D eigenvalue weighted by Gasteiger charge is -2.61. The van der Waals surface area contributed by atoms with Crippen LogP contribution in [0.4, 0.5) is 0 Å². The summed E-state index contributed by atoms with van der Waals surface area (Å²) in [6.07, 6.45) is 8.23. The van der Waals surface area contributed by atoms with Gasteiger partial charge in [-0.05, 0) is 73.0 Å². The van der Waals surface area contributed by atoms with Gasteiger partial charge < -0.3 is 9.84 Å². The molecule has 23 heavy (non-hydrogen) atoms. The molecule has 8 atom stereocenters. The molecule has 4 saturated carbocycles. The molecule has 0 aliphatic heterocycles. The monoisotopic (exact) mass is 320 g/mol. The van der Waals surface area contributed by atoms with Crippen LogP contribution >= 0.6 is 0 Å². The fraction of sp³-hybridized carbons (Fsp3) is 0.950. The highest BCUT2D eigenvalue weighted by atomic mass is 16.5. The lowest BCUT2D eigenvalue weighted by Crippen LogP contribution is -2.58. The number of carbonyl (C=O) groups excluding carboxylic acids is 1. The van der Waals surface area contributed by atoms with E-state index in [9.17, 15) is 9.90 Å². The van der Waals surface area contributed by atoms with Crippen LogP contribution in [0.5, 0.6) is 0 Å². The van der Waals surface area contributed by atoms with Gasteiger partial charge in [0, 0.05) is 20.0 Å². The Hall–Kier alpha value is -0.410. The Morgan fingerprint density at radius 2 is 1.83 bits per heavy atom. The molecule has 1 N–H and O–H groups in total. The Labute approximate surface area is 140 Å². The summed E-state index contributed by atoms with van der Waals surface area (Å²) in [6.45, 7) is 4.83. The third kappa shape index (κ3) is 2.18. The van der Waals surface area contributed by atoms with E-state index in [1.54, 1.807) is 7.11 Å². The van der Waals surface area contributed by atoms with Crippen molar-refractivity contribution in [1.82, 2.24) is 0 Å². The molecule has 0 aromatic carbocycles. The van der Waals surface area contributed by atoms with Crippen LogP contribution in [0.1, 0.15) is 65.2 Å². The van der Waals surface area contributed by atoms with Gasteiger partial charge in [0.15, 0.2) is 0 Å². The van der Waals surface area contributed by atoms with E-state index in [0.717, 1.165) is 38.0 Å². The van der Waals surface area contributed by atoms with Gasteiger partial charge >= 0.3 is 0 Å². The van der Waals surface area contributed by atoms with Crippen molar-refractivity contribution in [1.29, 1.82) is 0 Å². The number of ketones is 1. The molecule has 0 bridgehead atoms. The van der Waals surface area contributed by atoms with Crippen LogP contribution in [0.15, 0.2) is 0 Å². The molecule has 0 aromatic rings. The molecule has 0 spiro atoms. The smallest absolute Gasteiger partial charge is 0.133 e. The average molecular weight is 320 g/mol. The summed E-state index contributed by atoms with van der Waals surface area (Å²) < 4.78 is 5.74. The van der Waals surface area contributed by atoms with Gasteiger partial charge in [0.05, 0.1) is 12.2 Å². The molecule has 4 fully saturated rings. The predicted molar refractivity (Wildman–Crippen MR) is 88.9 cm³/mol. The first kappa shape index (κ1) is 16.1. The molecular weight excluding hydrogens is 288 g/mol. The van der Waals surface area contributed by atoms with E-state index in [4.69, 9.17) is 4.74 Å². The quantitative estimate of drug-likeness (QED) is 0.803. The zero-order valence-electron chi connectivity index (χ0n) is 14.9. The van der Waals surface area contributed by atoms with Crippen LogP contribution in [0, 0.1) is 34.5 Å². The van der Waals surface area contributed by atoms with Crippen molar-refractivity contribution in [3.63, 3.8) is 0 Å². The number of hydrogen-bond donors (Lipinski definition) is 1. The second kappa shape index (κ2) is 5.29. The molecule has 3 heteroatoms. The van der Waals surface area contributed by atoms with E-state index in [0.29, 0.717) is 23.5 Å². The standard InChI is InChI=1S/C20H32O3/c1-19-8-6-14-13(16(19)10-12(21)11-19)4-5-15-18(23-3)17(22)7-9-20(14,15)2/h13-18,22H,4-11H2,1-3H3/t13-,14+,15?,16?,17?,18-,19-,20-/m0/s1. The number of fused-ring (bicyclic) bond motifs is 5. The predicted octanol–water partition coefficient (Wildman–Crippen LogP) is 3.58. The third-order valence-electron chi connectivity index (χ3n) is 8.54. The van der Waals surface area contributed by atoms with E-state index in [-0.39, 0.29) is 23.0 Å². The number of hydrogen-bond acceptors (Lipinski definition) is 3. The maximum Gasteiger partial charge on any atom is 0.133 e. The first-order chi connectivity index (χ1) is 10.9. The number of Topliss-reactive ketones (excluding diaryl/α,β-unsaturated/α-hetero) is 1. The molecule has 4 aliphatic rings. The largest absolute Gasteiger partial charge is 0.390 e. The SMILES string of the molecule is CO[C@@H]1C(O)CC[C@]2(C)C1CC[C@@H]1C3CC(=O)C[C@]3(C)CC[C@H]12. The van der Waals surface area contributed by atoms with Crippen LogP contribution in [-0.4, -0.2) is 30.2 Å². The maximum atomic E-state index is 12.1. The Morgan fingerprint density at radius 3 is 2.57 bits per heavy atom. The Bertz CT molecular complexity index is 503. The van der Waals surface area contributed by atoms with Gasteiger partial charge in [-0.25, -0.2) is 0 Å². The Balaban J connectivity index is 1.64. The molecular formula is C20H32O3. The molecule has 0 saturated heterocycles. The lowest BCUT2D eigenvalue weighted by molar-refractivity contribution is -0.179. The van der Waals surface area contributed by atoms with Gasteiger partial charge in [-0.2, -0.15) is 0 Å². The van der Waals surface area contributed by atoms with E-state index in [1.165, 1.54) is 19.3 Å². The molecule has 130 valence electrons. The number of aliphatic hydroxyl groups is 1. The number of ether oxygens (including phenoxy) is 1. The van der Waals surface area contributed by atoms with E-state index >= 15 is 0 Å². The van der Waals surface area contributed by atoms with Gasteiger partial charge in [-0.3, -0.25) is 4.79 Å². The van der Waals surface area contributed by atoms with Crippen molar-refractivity contribution in [3.8, 4) is 0 Å². The van der Waals surface area contributed by atoms with Gasteiger partial charge in [0.25, 0.3) is 0 Å². The zero-order valence-corrected chi connectivity index (χ0v) is 14.9. The van der Waals surface area contributed by atoms with Gasteiger partial charge in [-0.15, -0.1) is 0 Å². The van der Waals surface area contributed by atoms with Crippen LogP contribution in [0.25, 0.3) is 0 Å². The second-order valence-electron chi connectivity index (χ2n) is 9.49. The molecule has 0 amide bonds. The van der Waals surface area contributed by atoms with Crippen molar-refractivity contribution in [2.45, 2.75) is 77.4 Å². The van der Waals surface area contributed by atoms with Gasteiger partial charge in [0.1, 0.15) is 5.78 Å². The van der Waals surface area contributed by atoms with Crippen molar-refractivity contribution in [2.75, 3.05) is 7.11 Å². The fourth-order valence-electron chi connectivity index (χ4n) is 7.39. The minimum atomic E-state index is -0.295. The summed E-state index contributed by atoms with van der Waals surface area (Å²) in [4.78, 5) is 12.1. The van der Waals surface area contributed by atoms with E-state index in [2.05, 4.69) is 13.8 Å². The molecule has 0 heterocycles. The lowest BCUT2D eigenvalue weighted by atomic mass is 9.45. The highest BCUT2D eigenvalue weighted by Crippen LogP contribution is 2.65. The van der Waals surface area contributed by atoms with E-state index in [1.807, 2.05) is 0 Å². The first-order valence-electron chi connectivity index (χ1n) is 9.61. The van der Waals surface area contributed by atoms with Gasteiger partial charge in [-0.1, -0.05) is 13.8 Å². The van der Waals surface area contributed by atoms with Crippen molar-refractivity contribution in [2.24, 2.45) is 34.5 Å². The van der Waals surface area contributed by atoms with Gasteiger partial charge in [0.2, 0.25) is 0 Å². The van der Waals surface area contributed by atoms with Crippen LogP contribution in [0.2, 0.25) is 0 Å². The maximum absolute atomic E-state index is 12.1. The number of rotatable bonds is 1. The minimum absolute atomic E-state index is 0.00761. The highest BCUT2D eigenvalue weighted by molar-refractivity contribution is 5.82. The van der Waals surface area contributed by atoms with Crippen molar-refractivity contribution in [3.05, 3.63) is 0 Å². The molecule has 4 aliphatic carbocycles. The minimum Gasteiger partial charge on any atom is -0.390 e.